The second-order valence-corrected chi connectivity index (χ2v) is 10.7. The predicted molar refractivity (Wildman–Crippen MR) is 147 cm³/mol. The summed E-state index contributed by atoms with van der Waals surface area (Å²) in [6.07, 6.45) is 9.81. The van der Waals surface area contributed by atoms with Crippen LogP contribution >= 0.6 is 0 Å². The summed E-state index contributed by atoms with van der Waals surface area (Å²) in [5, 5.41) is 3.80. The van der Waals surface area contributed by atoms with E-state index in [4.69, 9.17) is 0 Å². The molecule has 6 nitrogen and oxygen atoms in total. The van der Waals surface area contributed by atoms with Gasteiger partial charge in [-0.2, -0.15) is 0 Å². The Bertz CT molecular complexity index is 1700. The van der Waals surface area contributed by atoms with Gasteiger partial charge in [0.05, 0.1) is 5.92 Å². The first kappa shape index (κ1) is 23.1. The van der Waals surface area contributed by atoms with Crippen molar-refractivity contribution in [2.24, 2.45) is 0 Å². The van der Waals surface area contributed by atoms with Crippen molar-refractivity contribution < 1.29 is 19.2 Å². The zero-order chi connectivity index (χ0) is 26.3. The van der Waals surface area contributed by atoms with E-state index in [9.17, 15) is 19.2 Å². The quantitative estimate of drug-likeness (QED) is 0.323. The van der Waals surface area contributed by atoms with Crippen LogP contribution in [0.5, 0.6) is 0 Å². The fraction of sp³-hybridized carbons (Fsp3) is 0.312. The number of carbonyl (C=O) groups is 4. The van der Waals surface area contributed by atoms with Crippen LogP contribution in [-0.2, 0) is 16.0 Å². The molecule has 4 amide bonds. The number of unbranched alkanes of at least 4 members (excludes halogenated alkanes) is 2. The second kappa shape index (κ2) is 8.22. The van der Waals surface area contributed by atoms with Crippen molar-refractivity contribution in [1.29, 1.82) is 0 Å². The highest BCUT2D eigenvalue weighted by molar-refractivity contribution is 6.36. The number of allylic oxidation sites excluding steroid dienone is 1. The number of benzene rings is 3. The lowest BCUT2D eigenvalue weighted by Gasteiger charge is -2.36. The number of amides is 4. The van der Waals surface area contributed by atoms with E-state index in [1.54, 1.807) is 0 Å². The molecule has 0 N–H and O–H groups in total. The predicted octanol–water partition coefficient (Wildman–Crippen LogP) is 5.61. The number of hydrogen-bond acceptors (Lipinski definition) is 4. The van der Waals surface area contributed by atoms with E-state index < -0.39 is 5.92 Å². The van der Waals surface area contributed by atoms with Crippen LogP contribution in [0.1, 0.15) is 88.4 Å². The maximum Gasteiger partial charge on any atom is 0.261 e. The molecule has 0 aromatic heterocycles. The Labute approximate surface area is 220 Å². The van der Waals surface area contributed by atoms with Crippen LogP contribution in [0.2, 0.25) is 0 Å². The molecule has 190 valence electrons. The normalized spacial score (nSPS) is 19.2. The van der Waals surface area contributed by atoms with Crippen LogP contribution in [0, 0.1) is 0 Å². The molecule has 1 atom stereocenters. The lowest BCUT2D eigenvalue weighted by atomic mass is 9.73. The van der Waals surface area contributed by atoms with Crippen molar-refractivity contribution in [3.05, 3.63) is 69.8 Å². The third kappa shape index (κ3) is 2.83. The van der Waals surface area contributed by atoms with Gasteiger partial charge in [-0.15, -0.1) is 0 Å². The maximum atomic E-state index is 13.5. The molecule has 2 heterocycles. The van der Waals surface area contributed by atoms with Crippen molar-refractivity contribution in [2.45, 2.75) is 51.9 Å². The molecule has 0 spiro atoms. The number of imide groups is 2. The molecule has 38 heavy (non-hydrogen) atoms. The van der Waals surface area contributed by atoms with E-state index in [0.717, 1.165) is 69.5 Å². The summed E-state index contributed by atoms with van der Waals surface area (Å²) in [5.41, 5.74) is 5.33. The molecule has 2 aliphatic carbocycles. The molecule has 6 heteroatoms. The van der Waals surface area contributed by atoms with Crippen LogP contribution < -0.4 is 0 Å². The Morgan fingerprint density at radius 2 is 1.45 bits per heavy atom. The minimum atomic E-state index is -0.483. The SMILES string of the molecule is CCCCN1C(=O)C2=CCc3c4c5c6c(ccc5c5ccc(c2c35)C1=O)C(=O)N(CCCC)C(=O)C6C=C4. The summed E-state index contributed by atoms with van der Waals surface area (Å²) in [5.74, 6) is -1.31. The van der Waals surface area contributed by atoms with Crippen molar-refractivity contribution in [2.75, 3.05) is 13.1 Å². The van der Waals surface area contributed by atoms with E-state index >= 15 is 0 Å². The Morgan fingerprint density at radius 3 is 2.18 bits per heavy atom. The van der Waals surface area contributed by atoms with Gasteiger partial charge < -0.3 is 0 Å². The molecular weight excluding hydrogens is 476 g/mol. The first-order valence-corrected chi connectivity index (χ1v) is 13.7. The maximum absolute atomic E-state index is 13.5. The molecule has 3 aromatic rings. The Morgan fingerprint density at radius 1 is 0.789 bits per heavy atom. The molecule has 3 aromatic carbocycles. The Hall–Kier alpha value is -4.06. The highest BCUT2D eigenvalue weighted by Crippen LogP contribution is 2.49. The minimum absolute atomic E-state index is 0.157. The first-order chi connectivity index (χ1) is 18.5. The van der Waals surface area contributed by atoms with Gasteiger partial charge in [-0.25, -0.2) is 0 Å². The third-order valence-electron chi connectivity index (χ3n) is 8.61. The van der Waals surface area contributed by atoms with E-state index in [1.165, 1.54) is 9.80 Å². The molecule has 2 aliphatic heterocycles. The van der Waals surface area contributed by atoms with Gasteiger partial charge in [0.15, 0.2) is 0 Å². The van der Waals surface area contributed by atoms with Gasteiger partial charge in [0.1, 0.15) is 0 Å². The van der Waals surface area contributed by atoms with Crippen LogP contribution in [-0.4, -0.2) is 46.5 Å². The van der Waals surface area contributed by atoms with Gasteiger partial charge >= 0.3 is 0 Å². The average Bonchev–Trinajstić information content (AvgIpc) is 2.93. The molecular formula is C32H28N2O4. The Kier molecular flexibility index (Phi) is 4.99. The van der Waals surface area contributed by atoms with E-state index in [0.29, 0.717) is 36.2 Å². The summed E-state index contributed by atoms with van der Waals surface area (Å²) < 4.78 is 0. The van der Waals surface area contributed by atoms with E-state index in [-0.39, 0.29) is 23.6 Å². The van der Waals surface area contributed by atoms with Crippen LogP contribution in [0.3, 0.4) is 0 Å². The molecule has 1 unspecified atom stereocenters. The first-order valence-electron chi connectivity index (χ1n) is 13.7. The number of hydrogen-bond donors (Lipinski definition) is 0. The molecule has 0 saturated heterocycles. The summed E-state index contributed by atoms with van der Waals surface area (Å²) in [6.45, 7) is 4.95. The van der Waals surface area contributed by atoms with Gasteiger partial charge in [-0.1, -0.05) is 57.0 Å². The number of nitrogens with zero attached hydrogens (tertiary/aromatic N) is 2. The monoisotopic (exact) mass is 504 g/mol. The van der Waals surface area contributed by atoms with Crippen molar-refractivity contribution in [3.8, 4) is 0 Å². The summed E-state index contributed by atoms with van der Waals surface area (Å²) in [4.78, 5) is 56.6. The fourth-order valence-corrected chi connectivity index (χ4v) is 6.76. The van der Waals surface area contributed by atoms with Gasteiger partial charge in [0.2, 0.25) is 5.91 Å². The Balaban J connectivity index is 1.50. The van der Waals surface area contributed by atoms with Crippen LogP contribution in [0.25, 0.3) is 33.2 Å². The van der Waals surface area contributed by atoms with Crippen molar-refractivity contribution in [1.82, 2.24) is 9.80 Å². The zero-order valence-electron chi connectivity index (χ0n) is 21.6. The highest BCUT2D eigenvalue weighted by Gasteiger charge is 2.42. The molecule has 7 rings (SSSR count). The minimum Gasteiger partial charge on any atom is -0.278 e. The average molecular weight is 505 g/mol. The second-order valence-electron chi connectivity index (χ2n) is 10.7. The number of rotatable bonds is 6. The summed E-state index contributed by atoms with van der Waals surface area (Å²) >= 11 is 0. The lowest BCUT2D eigenvalue weighted by molar-refractivity contribution is -0.129. The molecule has 4 aliphatic rings. The standard InChI is InChI=1S/C32H28N2O4/c1-3-5-15-33-29(35)21-11-7-17-19-9-13-23-28-24(32(38)34(31(23)37)16-6-4-2)14-10-20(26(19)28)18-8-12-22(30(33)36)27(21)25(17)18/h7-9,11-14,22H,3-6,10,15-16H2,1-2H3. The fourth-order valence-electron chi connectivity index (χ4n) is 6.76. The highest BCUT2D eigenvalue weighted by atomic mass is 16.2. The zero-order valence-corrected chi connectivity index (χ0v) is 21.6. The van der Waals surface area contributed by atoms with Crippen LogP contribution in [0.15, 0.2) is 36.4 Å². The molecule has 0 radical (unpaired) electrons. The van der Waals surface area contributed by atoms with Gasteiger partial charge in [-0.05, 0) is 69.6 Å². The molecule has 0 fully saturated rings. The lowest BCUT2D eigenvalue weighted by Crippen LogP contribution is -2.45. The van der Waals surface area contributed by atoms with Gasteiger partial charge in [-0.3, -0.25) is 29.0 Å². The molecule has 0 saturated carbocycles. The molecule has 0 bridgehead atoms. The van der Waals surface area contributed by atoms with E-state index in [1.807, 2.05) is 56.3 Å². The smallest absolute Gasteiger partial charge is 0.261 e. The number of fused-ring (bicyclic) bond motifs is 2. The topological polar surface area (TPSA) is 74.8 Å². The summed E-state index contributed by atoms with van der Waals surface area (Å²) in [6, 6.07) is 7.65. The summed E-state index contributed by atoms with van der Waals surface area (Å²) in [7, 11) is 0. The third-order valence-corrected chi connectivity index (χ3v) is 8.61. The van der Waals surface area contributed by atoms with Gasteiger partial charge in [0.25, 0.3) is 17.7 Å². The van der Waals surface area contributed by atoms with Crippen LogP contribution in [0.4, 0.5) is 0 Å². The largest absolute Gasteiger partial charge is 0.278 e. The van der Waals surface area contributed by atoms with Crippen molar-refractivity contribution in [3.63, 3.8) is 0 Å². The van der Waals surface area contributed by atoms with Gasteiger partial charge in [0, 0.05) is 35.4 Å². The number of carbonyl (C=O) groups excluding carboxylic acids is 4. The van der Waals surface area contributed by atoms with E-state index in [2.05, 4.69) is 0 Å². The van der Waals surface area contributed by atoms with Crippen molar-refractivity contribution >= 4 is 56.8 Å².